The van der Waals surface area contributed by atoms with Crippen LogP contribution in [-0.2, 0) is 15.9 Å². The molecular formula is C18H19ClO6. The summed E-state index contributed by atoms with van der Waals surface area (Å²) >= 11 is 6.09. The van der Waals surface area contributed by atoms with Crippen LogP contribution in [0.4, 0.5) is 0 Å². The van der Waals surface area contributed by atoms with Crippen molar-refractivity contribution >= 4 is 17.6 Å². The number of phenols is 2. The molecule has 0 aliphatic carbocycles. The highest BCUT2D eigenvalue weighted by Crippen LogP contribution is 2.38. The summed E-state index contributed by atoms with van der Waals surface area (Å²) in [6.45, 7) is 1.74. The second kappa shape index (κ2) is 7.07. The van der Waals surface area contributed by atoms with Crippen molar-refractivity contribution in [2.75, 3.05) is 0 Å². The molecule has 3 rings (SSSR count). The third-order valence-corrected chi connectivity index (χ3v) is 4.60. The fourth-order valence-electron chi connectivity index (χ4n) is 2.88. The molecule has 0 aromatic heterocycles. The number of epoxide rings is 1. The highest BCUT2D eigenvalue weighted by atomic mass is 35.5. The molecule has 0 saturated carbocycles. The van der Waals surface area contributed by atoms with Crippen LogP contribution >= 0.6 is 11.6 Å². The van der Waals surface area contributed by atoms with Gasteiger partial charge >= 0.3 is 5.97 Å². The van der Waals surface area contributed by atoms with Crippen LogP contribution < -0.4 is 0 Å². The molecule has 0 unspecified atom stereocenters. The van der Waals surface area contributed by atoms with Crippen LogP contribution in [0.15, 0.2) is 30.4 Å². The fraction of sp³-hybridized carbons (Fsp3) is 0.389. The van der Waals surface area contributed by atoms with Gasteiger partial charge in [0.15, 0.2) is 0 Å². The summed E-state index contributed by atoms with van der Waals surface area (Å²) in [7, 11) is 0. The van der Waals surface area contributed by atoms with E-state index in [4.69, 9.17) is 21.1 Å². The first-order valence-electron chi connectivity index (χ1n) is 7.99. The number of carbonyl (C=O) groups is 1. The first-order valence-corrected chi connectivity index (χ1v) is 8.37. The van der Waals surface area contributed by atoms with E-state index in [-0.39, 0.29) is 40.5 Å². The van der Waals surface area contributed by atoms with Gasteiger partial charge in [-0.2, -0.15) is 0 Å². The predicted molar refractivity (Wildman–Crippen MR) is 90.9 cm³/mol. The Morgan fingerprint density at radius 1 is 1.20 bits per heavy atom. The van der Waals surface area contributed by atoms with E-state index in [1.807, 2.05) is 6.08 Å². The number of aliphatic hydroxyl groups excluding tert-OH is 1. The molecule has 25 heavy (non-hydrogen) atoms. The Balaban J connectivity index is 2.00. The van der Waals surface area contributed by atoms with Gasteiger partial charge in [-0.1, -0.05) is 35.9 Å². The van der Waals surface area contributed by atoms with Gasteiger partial charge in [0.05, 0.1) is 17.2 Å². The molecule has 2 aliphatic heterocycles. The number of esters is 1. The van der Waals surface area contributed by atoms with Crippen molar-refractivity contribution in [2.45, 2.75) is 44.2 Å². The SMILES string of the molecule is C[C@@H]1C[C@@H]2O[C@H]2/C=C\C=C\[C@H](O)Cc2c(Cl)c(O)cc(O)c2C(=O)O1. The number of carbonyl (C=O) groups excluding carboxylic acids is 1. The minimum atomic E-state index is -0.966. The molecule has 134 valence electrons. The Hall–Kier alpha value is -2.02. The Kier molecular flexibility index (Phi) is 5.03. The summed E-state index contributed by atoms with van der Waals surface area (Å²) in [4.78, 5) is 12.5. The molecule has 4 atom stereocenters. The number of hydrogen-bond donors (Lipinski definition) is 3. The fourth-order valence-corrected chi connectivity index (χ4v) is 3.11. The third-order valence-electron chi connectivity index (χ3n) is 4.18. The van der Waals surface area contributed by atoms with Gasteiger partial charge in [-0.15, -0.1) is 0 Å². The van der Waals surface area contributed by atoms with Crippen molar-refractivity contribution in [2.24, 2.45) is 0 Å². The average molecular weight is 367 g/mol. The van der Waals surface area contributed by atoms with E-state index >= 15 is 0 Å². The Morgan fingerprint density at radius 2 is 1.92 bits per heavy atom. The van der Waals surface area contributed by atoms with E-state index in [0.717, 1.165) is 6.07 Å². The number of aliphatic hydroxyl groups is 1. The second-order valence-electron chi connectivity index (χ2n) is 6.21. The number of fused-ring (bicyclic) bond motifs is 2. The van der Waals surface area contributed by atoms with Crippen molar-refractivity contribution in [1.82, 2.24) is 0 Å². The number of benzene rings is 1. The molecule has 1 saturated heterocycles. The van der Waals surface area contributed by atoms with Crippen molar-refractivity contribution in [3.8, 4) is 11.5 Å². The Bertz CT molecular complexity index is 742. The van der Waals surface area contributed by atoms with Crippen LogP contribution in [0.1, 0.15) is 29.3 Å². The minimum absolute atomic E-state index is 0.0297. The predicted octanol–water partition coefficient (Wildman–Crippen LogP) is 2.48. The van der Waals surface area contributed by atoms with E-state index in [1.54, 1.807) is 19.1 Å². The summed E-state index contributed by atoms with van der Waals surface area (Å²) in [6, 6.07) is 0.987. The first kappa shape index (κ1) is 17.8. The van der Waals surface area contributed by atoms with E-state index in [9.17, 15) is 20.1 Å². The monoisotopic (exact) mass is 366 g/mol. The lowest BCUT2D eigenvalue weighted by atomic mass is 9.99. The maximum Gasteiger partial charge on any atom is 0.342 e. The number of rotatable bonds is 0. The lowest BCUT2D eigenvalue weighted by Gasteiger charge is -2.18. The number of phenolic OH excluding ortho intramolecular Hbond substituents is 2. The topological polar surface area (TPSA) is 99.5 Å². The van der Waals surface area contributed by atoms with Crippen LogP contribution in [0.25, 0.3) is 0 Å². The lowest BCUT2D eigenvalue weighted by molar-refractivity contribution is 0.0305. The smallest absolute Gasteiger partial charge is 0.342 e. The van der Waals surface area contributed by atoms with E-state index in [0.29, 0.717) is 6.42 Å². The van der Waals surface area contributed by atoms with Gasteiger partial charge < -0.3 is 24.8 Å². The van der Waals surface area contributed by atoms with Gasteiger partial charge in [-0.25, -0.2) is 4.79 Å². The largest absolute Gasteiger partial charge is 0.507 e. The first-order chi connectivity index (χ1) is 11.9. The van der Waals surface area contributed by atoms with Crippen molar-refractivity contribution in [3.63, 3.8) is 0 Å². The number of halogens is 1. The minimum Gasteiger partial charge on any atom is -0.507 e. The summed E-state index contributed by atoms with van der Waals surface area (Å²) in [5.41, 5.74) is -0.0157. The molecule has 0 spiro atoms. The molecule has 0 bridgehead atoms. The highest BCUT2D eigenvalue weighted by molar-refractivity contribution is 6.33. The summed E-state index contributed by atoms with van der Waals surface area (Å²) in [5.74, 6) is -1.58. The normalized spacial score (nSPS) is 31.9. The average Bonchev–Trinajstić information content (AvgIpc) is 3.25. The zero-order valence-electron chi connectivity index (χ0n) is 13.6. The van der Waals surface area contributed by atoms with Gasteiger partial charge in [-0.05, 0) is 12.5 Å². The van der Waals surface area contributed by atoms with Crippen molar-refractivity contribution < 1.29 is 29.6 Å². The number of aromatic hydroxyl groups is 2. The molecule has 1 aromatic rings. The molecule has 2 heterocycles. The molecule has 0 amide bonds. The van der Waals surface area contributed by atoms with Gasteiger partial charge in [0, 0.05) is 18.9 Å². The van der Waals surface area contributed by atoms with E-state index < -0.39 is 23.9 Å². The van der Waals surface area contributed by atoms with Gasteiger partial charge in [0.25, 0.3) is 0 Å². The number of cyclic esters (lactones) is 1. The van der Waals surface area contributed by atoms with Crippen LogP contribution in [0, 0.1) is 0 Å². The summed E-state index contributed by atoms with van der Waals surface area (Å²) < 4.78 is 10.9. The highest BCUT2D eigenvalue weighted by Gasteiger charge is 2.38. The van der Waals surface area contributed by atoms with E-state index in [2.05, 4.69) is 0 Å². The van der Waals surface area contributed by atoms with Crippen LogP contribution in [0.2, 0.25) is 5.02 Å². The molecule has 1 aromatic carbocycles. The molecule has 7 heteroatoms. The zero-order chi connectivity index (χ0) is 18.1. The maximum absolute atomic E-state index is 12.5. The Labute approximate surface area is 149 Å². The number of hydrogen-bond acceptors (Lipinski definition) is 6. The van der Waals surface area contributed by atoms with Crippen LogP contribution in [0.3, 0.4) is 0 Å². The standard InChI is InChI=1S/C18H19ClO6/c1-9-6-15-14(25-15)5-3-2-4-10(20)7-11-16(18(23)24-9)12(21)8-13(22)17(11)19/h2-5,8-10,14-15,20-22H,6-7H2,1H3/b4-2+,5-3-/t9-,10+,14+,15+/m1/s1. The van der Waals surface area contributed by atoms with Gasteiger partial charge in [0.1, 0.15) is 29.3 Å². The summed E-state index contributed by atoms with van der Waals surface area (Å²) in [6.07, 6.45) is 5.84. The van der Waals surface area contributed by atoms with Crippen LogP contribution in [-0.4, -0.2) is 45.7 Å². The molecular weight excluding hydrogens is 348 g/mol. The maximum atomic E-state index is 12.5. The number of ether oxygens (including phenoxy) is 2. The molecule has 1 fully saturated rings. The third kappa shape index (κ3) is 3.98. The van der Waals surface area contributed by atoms with E-state index in [1.165, 1.54) is 6.08 Å². The van der Waals surface area contributed by atoms with Crippen LogP contribution in [0.5, 0.6) is 11.5 Å². The van der Waals surface area contributed by atoms with Gasteiger partial charge in [0.2, 0.25) is 0 Å². The Morgan fingerprint density at radius 3 is 2.68 bits per heavy atom. The number of allylic oxidation sites excluding steroid dienone is 2. The molecule has 6 nitrogen and oxygen atoms in total. The summed E-state index contributed by atoms with van der Waals surface area (Å²) in [5, 5.41) is 30.0. The molecule has 0 radical (unpaired) electrons. The quantitative estimate of drug-likeness (QED) is 0.482. The molecule has 3 N–H and O–H groups in total. The van der Waals surface area contributed by atoms with Crippen molar-refractivity contribution in [1.29, 1.82) is 0 Å². The van der Waals surface area contributed by atoms with Crippen molar-refractivity contribution in [3.05, 3.63) is 46.5 Å². The van der Waals surface area contributed by atoms with Gasteiger partial charge in [-0.3, -0.25) is 0 Å². The second-order valence-corrected chi connectivity index (χ2v) is 6.59. The molecule has 2 aliphatic rings. The zero-order valence-corrected chi connectivity index (χ0v) is 14.3. The lowest BCUT2D eigenvalue weighted by Crippen LogP contribution is -2.20.